The van der Waals surface area contributed by atoms with Crippen molar-refractivity contribution in [3.63, 3.8) is 0 Å². The Morgan fingerprint density at radius 1 is 1.24 bits per heavy atom. The van der Waals surface area contributed by atoms with Crippen LogP contribution < -0.4 is 11.1 Å². The van der Waals surface area contributed by atoms with Crippen LogP contribution in [0, 0.1) is 0 Å². The fourth-order valence-electron chi connectivity index (χ4n) is 2.76. The summed E-state index contributed by atoms with van der Waals surface area (Å²) in [6.45, 7) is 0. The van der Waals surface area contributed by atoms with Gasteiger partial charge in [-0.25, -0.2) is 4.98 Å². The number of hydrogen-bond acceptors (Lipinski definition) is 4. The van der Waals surface area contributed by atoms with E-state index in [1.165, 1.54) is 0 Å². The number of carbonyl (C=O) groups is 1. The van der Waals surface area contributed by atoms with E-state index in [-0.39, 0.29) is 30.8 Å². The molecule has 1 unspecified atom stereocenters. The second-order valence-electron chi connectivity index (χ2n) is 6.28. The van der Waals surface area contributed by atoms with Crippen LogP contribution in [-0.4, -0.2) is 10.9 Å². The highest BCUT2D eigenvalue weighted by Crippen LogP contribution is 2.40. The Balaban J connectivity index is 0.00000182. The van der Waals surface area contributed by atoms with E-state index in [0.29, 0.717) is 11.6 Å². The van der Waals surface area contributed by atoms with E-state index < -0.39 is 0 Å². The van der Waals surface area contributed by atoms with Crippen LogP contribution in [0.5, 0.6) is 0 Å². The Kier molecular flexibility index (Phi) is 5.06. The van der Waals surface area contributed by atoms with Gasteiger partial charge in [-0.3, -0.25) is 4.79 Å². The molecule has 25 heavy (non-hydrogen) atoms. The Morgan fingerprint density at radius 3 is 2.72 bits per heavy atom. The van der Waals surface area contributed by atoms with Crippen molar-refractivity contribution in [3.05, 3.63) is 60.0 Å². The molecule has 4 rings (SSSR count). The Labute approximate surface area is 152 Å². The van der Waals surface area contributed by atoms with Crippen LogP contribution >= 0.6 is 12.4 Å². The fraction of sp³-hybridized carbons (Fsp3) is 0.263. The molecule has 3 aromatic rings. The minimum absolute atomic E-state index is 0. The molecule has 1 atom stereocenters. The van der Waals surface area contributed by atoms with Crippen molar-refractivity contribution in [3.8, 4) is 0 Å². The second-order valence-corrected chi connectivity index (χ2v) is 6.28. The summed E-state index contributed by atoms with van der Waals surface area (Å²) in [6, 6.07) is 14.8. The average Bonchev–Trinajstić information content (AvgIpc) is 3.35. The lowest BCUT2D eigenvalue weighted by atomic mass is 10.0. The number of anilines is 1. The molecule has 3 N–H and O–H groups in total. The van der Waals surface area contributed by atoms with E-state index in [1.54, 1.807) is 0 Å². The summed E-state index contributed by atoms with van der Waals surface area (Å²) in [4.78, 5) is 16.7. The van der Waals surface area contributed by atoms with Gasteiger partial charge in [-0.1, -0.05) is 30.3 Å². The highest BCUT2D eigenvalue weighted by Gasteiger charge is 2.28. The molecule has 0 saturated heterocycles. The molecule has 1 heterocycles. The van der Waals surface area contributed by atoms with Crippen LogP contribution in [0.25, 0.3) is 11.1 Å². The molecule has 1 amide bonds. The molecule has 1 fully saturated rings. The van der Waals surface area contributed by atoms with Crippen molar-refractivity contribution in [2.24, 2.45) is 5.73 Å². The molecule has 2 aromatic carbocycles. The van der Waals surface area contributed by atoms with Gasteiger partial charge in [-0.2, -0.15) is 0 Å². The predicted octanol–water partition coefficient (Wildman–Crippen LogP) is 4.16. The Morgan fingerprint density at radius 2 is 2.00 bits per heavy atom. The van der Waals surface area contributed by atoms with Crippen LogP contribution in [-0.2, 0) is 4.79 Å². The summed E-state index contributed by atoms with van der Waals surface area (Å²) in [5.41, 5.74) is 9.30. The van der Waals surface area contributed by atoms with E-state index in [0.717, 1.165) is 35.4 Å². The van der Waals surface area contributed by atoms with Crippen molar-refractivity contribution < 1.29 is 9.21 Å². The van der Waals surface area contributed by atoms with Crippen LogP contribution in [0.1, 0.15) is 42.7 Å². The number of benzene rings is 2. The number of carbonyl (C=O) groups excluding carboxylic acids is 1. The van der Waals surface area contributed by atoms with Crippen LogP contribution in [0.4, 0.5) is 5.69 Å². The molecule has 6 heteroatoms. The number of fused-ring (bicyclic) bond motifs is 1. The van der Waals surface area contributed by atoms with Gasteiger partial charge in [0.2, 0.25) is 5.91 Å². The average molecular weight is 358 g/mol. The van der Waals surface area contributed by atoms with E-state index in [4.69, 9.17) is 10.2 Å². The van der Waals surface area contributed by atoms with Crippen molar-refractivity contribution >= 4 is 35.1 Å². The number of halogens is 1. The van der Waals surface area contributed by atoms with E-state index in [9.17, 15) is 4.79 Å². The number of oxazole rings is 1. The highest BCUT2D eigenvalue weighted by atomic mass is 35.5. The van der Waals surface area contributed by atoms with Gasteiger partial charge in [0, 0.05) is 24.1 Å². The summed E-state index contributed by atoms with van der Waals surface area (Å²) in [5, 5.41) is 2.89. The van der Waals surface area contributed by atoms with Gasteiger partial charge in [-0.15, -0.1) is 12.4 Å². The lowest BCUT2D eigenvalue weighted by Crippen LogP contribution is -2.20. The third kappa shape index (κ3) is 4.00. The lowest BCUT2D eigenvalue weighted by Gasteiger charge is -2.12. The first-order chi connectivity index (χ1) is 11.7. The third-order valence-electron chi connectivity index (χ3n) is 4.25. The minimum atomic E-state index is -0.316. The largest absolute Gasteiger partial charge is 0.440 e. The number of nitrogens with two attached hydrogens (primary N) is 1. The Hall–Kier alpha value is -2.37. The zero-order valence-corrected chi connectivity index (χ0v) is 14.5. The second kappa shape index (κ2) is 7.25. The molecule has 1 aliphatic rings. The molecule has 0 radical (unpaired) electrons. The van der Waals surface area contributed by atoms with Gasteiger partial charge in [0.15, 0.2) is 11.5 Å². The maximum absolute atomic E-state index is 12.2. The van der Waals surface area contributed by atoms with Gasteiger partial charge < -0.3 is 15.5 Å². The molecule has 1 saturated carbocycles. The lowest BCUT2D eigenvalue weighted by molar-refractivity contribution is -0.116. The van der Waals surface area contributed by atoms with E-state index in [2.05, 4.69) is 10.3 Å². The van der Waals surface area contributed by atoms with E-state index >= 15 is 0 Å². The Bertz CT molecular complexity index is 875. The summed E-state index contributed by atoms with van der Waals surface area (Å²) >= 11 is 0. The van der Waals surface area contributed by atoms with Gasteiger partial charge in [0.1, 0.15) is 5.52 Å². The van der Waals surface area contributed by atoms with Crippen molar-refractivity contribution in [2.75, 3.05) is 5.32 Å². The quantitative estimate of drug-likeness (QED) is 0.718. The van der Waals surface area contributed by atoms with Crippen molar-refractivity contribution in [2.45, 2.75) is 31.2 Å². The van der Waals surface area contributed by atoms with Gasteiger partial charge in [-0.05, 0) is 36.6 Å². The number of amides is 1. The first kappa shape index (κ1) is 17.5. The fourth-order valence-corrected chi connectivity index (χ4v) is 2.76. The van der Waals surface area contributed by atoms with Crippen molar-refractivity contribution in [1.29, 1.82) is 0 Å². The van der Waals surface area contributed by atoms with Crippen LogP contribution in [0.2, 0.25) is 0 Å². The number of aromatic nitrogens is 1. The van der Waals surface area contributed by atoms with Gasteiger partial charge in [0.25, 0.3) is 0 Å². The smallest absolute Gasteiger partial charge is 0.226 e. The highest BCUT2D eigenvalue weighted by molar-refractivity contribution is 5.93. The zero-order chi connectivity index (χ0) is 16.5. The SMILES string of the molecule is Cl.NC(CC(=O)Nc1ccc2oc(C3CC3)nc2c1)c1ccccc1. The number of rotatable bonds is 5. The van der Waals surface area contributed by atoms with Gasteiger partial charge >= 0.3 is 0 Å². The molecule has 0 bridgehead atoms. The number of nitrogens with one attached hydrogen (secondary N) is 1. The summed E-state index contributed by atoms with van der Waals surface area (Å²) in [6.07, 6.45) is 2.52. The summed E-state index contributed by atoms with van der Waals surface area (Å²) in [7, 11) is 0. The summed E-state index contributed by atoms with van der Waals surface area (Å²) in [5.74, 6) is 1.16. The molecule has 5 nitrogen and oxygen atoms in total. The number of nitrogens with zero attached hydrogens (tertiary/aromatic N) is 1. The normalized spacial score (nSPS) is 14.8. The summed E-state index contributed by atoms with van der Waals surface area (Å²) < 4.78 is 5.73. The molecular weight excluding hydrogens is 338 g/mol. The molecule has 130 valence electrons. The molecule has 0 aliphatic heterocycles. The topological polar surface area (TPSA) is 81.2 Å². The molecular formula is C19H20ClN3O2. The molecule has 1 aliphatic carbocycles. The minimum Gasteiger partial charge on any atom is -0.440 e. The molecule has 0 spiro atoms. The van der Waals surface area contributed by atoms with Gasteiger partial charge in [0.05, 0.1) is 0 Å². The van der Waals surface area contributed by atoms with E-state index in [1.807, 2.05) is 48.5 Å². The van der Waals surface area contributed by atoms with Crippen LogP contribution in [0.3, 0.4) is 0 Å². The maximum atomic E-state index is 12.2. The predicted molar refractivity (Wildman–Crippen MR) is 99.8 cm³/mol. The first-order valence-electron chi connectivity index (χ1n) is 8.20. The maximum Gasteiger partial charge on any atom is 0.226 e. The molecule has 1 aromatic heterocycles. The third-order valence-corrected chi connectivity index (χ3v) is 4.25. The number of hydrogen-bond donors (Lipinski definition) is 2. The first-order valence-corrected chi connectivity index (χ1v) is 8.20. The van der Waals surface area contributed by atoms with Crippen LogP contribution in [0.15, 0.2) is 52.9 Å². The monoisotopic (exact) mass is 357 g/mol. The standard InChI is InChI=1S/C19H19N3O2.ClH/c20-15(12-4-2-1-3-5-12)11-18(23)21-14-8-9-17-16(10-14)22-19(24-17)13-6-7-13;/h1-5,8-10,13,15H,6-7,11,20H2,(H,21,23);1H. The zero-order valence-electron chi connectivity index (χ0n) is 13.6. The van der Waals surface area contributed by atoms with Crippen molar-refractivity contribution in [1.82, 2.24) is 4.98 Å².